The van der Waals surface area contributed by atoms with Crippen LogP contribution < -0.4 is 16.8 Å². The van der Waals surface area contributed by atoms with Gasteiger partial charge in [0.2, 0.25) is 0 Å². The zero-order chi connectivity index (χ0) is 14.0. The van der Waals surface area contributed by atoms with Crippen molar-refractivity contribution in [2.45, 2.75) is 31.0 Å². The van der Waals surface area contributed by atoms with Gasteiger partial charge in [0.05, 0.1) is 0 Å². The molecule has 2 rings (SSSR count). The van der Waals surface area contributed by atoms with Crippen molar-refractivity contribution in [3.05, 3.63) is 33.5 Å². The summed E-state index contributed by atoms with van der Waals surface area (Å²) < 4.78 is 0. The number of hydrazine groups is 1. The summed E-state index contributed by atoms with van der Waals surface area (Å²) in [6.45, 7) is 5.39. The highest BCUT2D eigenvalue weighted by Crippen LogP contribution is 2.28. The summed E-state index contributed by atoms with van der Waals surface area (Å²) >= 11 is 1.27. The lowest BCUT2D eigenvalue weighted by molar-refractivity contribution is 0.889. The summed E-state index contributed by atoms with van der Waals surface area (Å²) in [5.74, 6) is 6.56. The highest BCUT2D eigenvalue weighted by Gasteiger charge is 2.11. The van der Waals surface area contributed by atoms with Crippen molar-refractivity contribution in [2.24, 2.45) is 5.84 Å². The van der Waals surface area contributed by atoms with Crippen LogP contribution in [0.4, 0.5) is 5.82 Å². The predicted octanol–water partition coefficient (Wildman–Crippen LogP) is 0.922. The van der Waals surface area contributed by atoms with Crippen molar-refractivity contribution in [2.75, 3.05) is 5.43 Å². The van der Waals surface area contributed by atoms with Gasteiger partial charge in [-0.1, -0.05) is 0 Å². The Morgan fingerprint density at radius 1 is 1.26 bits per heavy atom. The van der Waals surface area contributed by atoms with E-state index in [-0.39, 0.29) is 5.56 Å². The molecule has 0 aliphatic carbocycles. The molecule has 0 bridgehead atoms. The fourth-order valence-electron chi connectivity index (χ4n) is 1.53. The molecule has 0 saturated carbocycles. The first-order valence-electron chi connectivity index (χ1n) is 5.57. The van der Waals surface area contributed by atoms with E-state index in [4.69, 9.17) is 5.84 Å². The minimum Gasteiger partial charge on any atom is -0.308 e. The Labute approximate surface area is 114 Å². The molecule has 0 radical (unpaired) electrons. The van der Waals surface area contributed by atoms with Crippen molar-refractivity contribution < 1.29 is 0 Å². The number of nitrogens with one attached hydrogen (secondary N) is 2. The summed E-state index contributed by atoms with van der Waals surface area (Å²) in [4.78, 5) is 26.8. The highest BCUT2D eigenvalue weighted by atomic mass is 32.2. The molecular formula is C11H14N6OS. The molecule has 2 aromatic rings. The zero-order valence-electron chi connectivity index (χ0n) is 10.8. The van der Waals surface area contributed by atoms with Gasteiger partial charge in [0, 0.05) is 17.3 Å². The summed E-state index contributed by atoms with van der Waals surface area (Å²) in [5, 5.41) is 1.20. The fraction of sp³-hybridized carbons (Fsp3) is 0.273. The summed E-state index contributed by atoms with van der Waals surface area (Å²) in [7, 11) is 0. The lowest BCUT2D eigenvalue weighted by Gasteiger charge is -2.09. The van der Waals surface area contributed by atoms with Gasteiger partial charge < -0.3 is 10.4 Å². The second kappa shape index (κ2) is 5.37. The maximum Gasteiger partial charge on any atom is 0.251 e. The van der Waals surface area contributed by atoms with Gasteiger partial charge in [0.25, 0.3) is 5.56 Å². The van der Waals surface area contributed by atoms with E-state index < -0.39 is 0 Å². The van der Waals surface area contributed by atoms with E-state index >= 15 is 0 Å². The average molecular weight is 278 g/mol. The number of H-pyrrole nitrogens is 1. The first-order valence-corrected chi connectivity index (χ1v) is 6.39. The topological polar surface area (TPSA) is 110 Å². The molecule has 8 heteroatoms. The number of aryl methyl sites for hydroxylation is 2. The Morgan fingerprint density at radius 3 is 2.63 bits per heavy atom. The number of nitrogens with zero attached hydrogens (tertiary/aromatic N) is 3. The molecule has 7 nitrogen and oxygen atoms in total. The van der Waals surface area contributed by atoms with Gasteiger partial charge in [0.1, 0.15) is 16.7 Å². The van der Waals surface area contributed by atoms with Crippen LogP contribution in [0.25, 0.3) is 0 Å². The first-order chi connectivity index (χ1) is 8.99. The van der Waals surface area contributed by atoms with Crippen LogP contribution in [0.1, 0.15) is 17.1 Å². The van der Waals surface area contributed by atoms with Crippen LogP contribution in [0, 0.1) is 20.8 Å². The van der Waals surface area contributed by atoms with E-state index in [1.165, 1.54) is 17.8 Å². The molecule has 0 aliphatic rings. The first kappa shape index (κ1) is 13.5. The van der Waals surface area contributed by atoms with E-state index in [1.807, 2.05) is 6.92 Å². The lowest BCUT2D eigenvalue weighted by atomic mass is 10.3. The monoisotopic (exact) mass is 278 g/mol. The SMILES string of the molecule is Cc1cc(=O)[nH]c(Sc2nc(C)nc(NN)c2C)n1. The quantitative estimate of drug-likeness (QED) is 0.331. The van der Waals surface area contributed by atoms with Gasteiger partial charge in [-0.05, 0) is 32.5 Å². The predicted molar refractivity (Wildman–Crippen MR) is 73.0 cm³/mol. The van der Waals surface area contributed by atoms with Gasteiger partial charge in [-0.25, -0.2) is 20.8 Å². The number of nitrogen functional groups attached to an aromatic ring is 1. The number of nitrogens with two attached hydrogens (primary N) is 1. The molecule has 0 atom stereocenters. The lowest BCUT2D eigenvalue weighted by Crippen LogP contribution is -2.12. The van der Waals surface area contributed by atoms with Crippen LogP contribution in [-0.4, -0.2) is 19.9 Å². The maximum absolute atomic E-state index is 11.4. The maximum atomic E-state index is 11.4. The van der Waals surface area contributed by atoms with Crippen molar-refractivity contribution in [3.63, 3.8) is 0 Å². The minimum absolute atomic E-state index is 0.185. The van der Waals surface area contributed by atoms with E-state index in [9.17, 15) is 4.79 Å². The number of hydrogen-bond donors (Lipinski definition) is 3. The molecule has 0 amide bonds. The van der Waals surface area contributed by atoms with Gasteiger partial charge in [0.15, 0.2) is 5.16 Å². The highest BCUT2D eigenvalue weighted by molar-refractivity contribution is 7.99. The van der Waals surface area contributed by atoms with E-state index in [2.05, 4.69) is 25.4 Å². The van der Waals surface area contributed by atoms with Crippen molar-refractivity contribution >= 4 is 17.6 Å². The van der Waals surface area contributed by atoms with Crippen LogP contribution in [0.2, 0.25) is 0 Å². The molecule has 0 unspecified atom stereocenters. The largest absolute Gasteiger partial charge is 0.308 e. The van der Waals surface area contributed by atoms with Gasteiger partial charge >= 0.3 is 0 Å². The Balaban J connectivity index is 2.43. The number of hydrogen-bond acceptors (Lipinski definition) is 7. The standard InChI is InChI=1S/C11H14N6OS/c1-5-4-8(18)16-11(13-5)19-10-6(2)9(17-12)14-7(3)15-10/h4H,12H2,1-3H3,(H,13,16,18)(H,14,15,17). The van der Waals surface area contributed by atoms with Crippen molar-refractivity contribution in [1.82, 2.24) is 19.9 Å². The molecule has 0 spiro atoms. The summed E-state index contributed by atoms with van der Waals surface area (Å²) in [6, 6.07) is 1.44. The Hall–Kier alpha value is -1.93. The number of rotatable bonds is 3. The summed E-state index contributed by atoms with van der Waals surface area (Å²) in [5.41, 5.74) is 3.81. The third-order valence-electron chi connectivity index (χ3n) is 2.39. The Bertz CT molecular complexity index is 669. The normalized spacial score (nSPS) is 10.5. The Kier molecular flexibility index (Phi) is 3.82. The third-order valence-corrected chi connectivity index (χ3v) is 3.37. The smallest absolute Gasteiger partial charge is 0.251 e. The van der Waals surface area contributed by atoms with Crippen molar-refractivity contribution in [1.29, 1.82) is 0 Å². The average Bonchev–Trinajstić information content (AvgIpc) is 2.32. The fourth-order valence-corrected chi connectivity index (χ4v) is 2.49. The van der Waals surface area contributed by atoms with Crippen LogP contribution in [0.15, 0.2) is 21.0 Å². The van der Waals surface area contributed by atoms with Crippen molar-refractivity contribution in [3.8, 4) is 0 Å². The molecule has 2 aromatic heterocycles. The molecule has 2 heterocycles. The molecule has 0 aromatic carbocycles. The second-order valence-corrected chi connectivity index (χ2v) is 4.97. The molecule has 19 heavy (non-hydrogen) atoms. The zero-order valence-corrected chi connectivity index (χ0v) is 11.6. The minimum atomic E-state index is -0.185. The summed E-state index contributed by atoms with van der Waals surface area (Å²) in [6.07, 6.45) is 0. The van der Waals surface area contributed by atoms with Gasteiger partial charge in [-0.2, -0.15) is 0 Å². The number of anilines is 1. The number of aromatic amines is 1. The van der Waals surface area contributed by atoms with Crippen LogP contribution in [0.3, 0.4) is 0 Å². The van der Waals surface area contributed by atoms with E-state index in [1.54, 1.807) is 13.8 Å². The number of aromatic nitrogens is 4. The molecule has 0 aliphatic heterocycles. The molecular weight excluding hydrogens is 264 g/mol. The van der Waals surface area contributed by atoms with Gasteiger partial charge in [-0.15, -0.1) is 0 Å². The van der Waals surface area contributed by atoms with Crippen LogP contribution >= 0.6 is 11.8 Å². The molecule has 0 fully saturated rings. The van der Waals surface area contributed by atoms with Crippen LogP contribution in [-0.2, 0) is 0 Å². The second-order valence-electron chi connectivity index (χ2n) is 3.99. The van der Waals surface area contributed by atoms with Crippen LogP contribution in [0.5, 0.6) is 0 Å². The van der Waals surface area contributed by atoms with Gasteiger partial charge in [-0.3, -0.25) is 4.79 Å². The van der Waals surface area contributed by atoms with E-state index in [0.29, 0.717) is 27.5 Å². The molecule has 4 N–H and O–H groups in total. The molecule has 0 saturated heterocycles. The molecule has 100 valence electrons. The van der Waals surface area contributed by atoms with E-state index in [0.717, 1.165) is 5.56 Å². The Morgan fingerprint density at radius 2 is 2.00 bits per heavy atom. The third kappa shape index (κ3) is 3.09.